The van der Waals surface area contributed by atoms with E-state index in [2.05, 4.69) is 83.7 Å². The molecule has 5 aliphatic rings. The first-order chi connectivity index (χ1) is 31.2. The third kappa shape index (κ3) is 17.2. The highest BCUT2D eigenvalue weighted by molar-refractivity contribution is 5.25. The van der Waals surface area contributed by atoms with Crippen molar-refractivity contribution < 1.29 is 18.9 Å². The van der Waals surface area contributed by atoms with Crippen LogP contribution in [0.15, 0.2) is 36.0 Å². The molecular weight excluding hydrogens is 787 g/mol. The zero-order valence-electron chi connectivity index (χ0n) is 43.4. The van der Waals surface area contributed by atoms with Crippen molar-refractivity contribution in [2.24, 2.45) is 52.3 Å². The van der Waals surface area contributed by atoms with Crippen molar-refractivity contribution in [2.75, 3.05) is 59.3 Å². The molecule has 0 bridgehead atoms. The van der Waals surface area contributed by atoms with Gasteiger partial charge in [0.2, 0.25) is 0 Å². The summed E-state index contributed by atoms with van der Waals surface area (Å²) in [5, 5.41) is 0. The Balaban J connectivity index is 0.929. The molecule has 0 spiro atoms. The number of nitrogens with zero attached hydrogens (tertiary/aromatic N) is 1. The van der Waals surface area contributed by atoms with Gasteiger partial charge in [0.25, 0.3) is 0 Å². The Bertz CT molecular complexity index is 1330. The van der Waals surface area contributed by atoms with E-state index in [0.717, 1.165) is 73.8 Å². The topological polar surface area (TPSA) is 40.2 Å². The summed E-state index contributed by atoms with van der Waals surface area (Å²) >= 11 is 0. The molecule has 0 N–H and O–H groups in total. The quantitative estimate of drug-likeness (QED) is 0.0475. The smallest absolute Gasteiger partial charge is 0.0936 e. The van der Waals surface area contributed by atoms with Crippen LogP contribution in [0.25, 0.3) is 0 Å². The molecule has 370 valence electrons. The standard InChI is InChI=1S/C59H105NO4/c1-8-10-11-12-13-14-15-16-17-18-19-20-21-22-23-24-39-62-47-53(46-60-38-35-50(45-60)26-9-2)64-43-41-61-40-42-63-52-33-36-58(6)51(44-52)29-30-54-56-32-31-55(49(5)28-25-27-48(3)4)59(56,7)37-34-57(54)58/h13-14,16-17,29,48-50,52-57H,8-12,15,18-28,30-47H2,1-7H3/t49-,50?,52+,53?,54?,55-,56?,57?,58+,59-/m1/s1. The van der Waals surface area contributed by atoms with Gasteiger partial charge >= 0.3 is 0 Å². The van der Waals surface area contributed by atoms with Crippen molar-refractivity contribution in [1.29, 1.82) is 0 Å². The lowest BCUT2D eigenvalue weighted by atomic mass is 9.47. The second-order valence-electron chi connectivity index (χ2n) is 23.0. The minimum Gasteiger partial charge on any atom is -0.379 e. The van der Waals surface area contributed by atoms with Crippen LogP contribution in [0.2, 0.25) is 0 Å². The monoisotopic (exact) mass is 892 g/mol. The third-order valence-corrected chi connectivity index (χ3v) is 17.7. The maximum Gasteiger partial charge on any atom is 0.0936 e. The Labute approximate surface area is 397 Å². The van der Waals surface area contributed by atoms with Crippen molar-refractivity contribution in [1.82, 2.24) is 4.90 Å². The summed E-state index contributed by atoms with van der Waals surface area (Å²) in [6.07, 6.45) is 46.9. The lowest BCUT2D eigenvalue weighted by Gasteiger charge is -2.58. The maximum absolute atomic E-state index is 6.54. The van der Waals surface area contributed by atoms with Gasteiger partial charge in [-0.15, -0.1) is 0 Å². The van der Waals surface area contributed by atoms with Crippen LogP contribution in [0.3, 0.4) is 0 Å². The van der Waals surface area contributed by atoms with E-state index in [0.29, 0.717) is 50.0 Å². The molecule has 3 saturated carbocycles. The van der Waals surface area contributed by atoms with Crippen LogP contribution < -0.4 is 0 Å². The van der Waals surface area contributed by atoms with Crippen molar-refractivity contribution in [3.05, 3.63) is 36.0 Å². The Hall–Kier alpha value is -0.980. The predicted octanol–water partition coefficient (Wildman–Crippen LogP) is 15.8. The molecule has 4 aliphatic carbocycles. The number of ether oxygens (including phenoxy) is 4. The van der Waals surface area contributed by atoms with Crippen LogP contribution in [0, 0.1) is 52.3 Å². The number of unbranched alkanes of at least 4 members (excludes halogenated alkanes) is 9. The molecule has 0 aromatic heterocycles. The van der Waals surface area contributed by atoms with Crippen molar-refractivity contribution in [3.63, 3.8) is 0 Å². The van der Waals surface area contributed by atoms with Crippen LogP contribution in [-0.2, 0) is 18.9 Å². The largest absolute Gasteiger partial charge is 0.379 e. The molecular formula is C59H105NO4. The number of fused-ring (bicyclic) bond motifs is 5. The van der Waals surface area contributed by atoms with E-state index >= 15 is 0 Å². The average Bonchev–Trinajstić information content (AvgIpc) is 3.88. The second kappa shape index (κ2) is 29.8. The van der Waals surface area contributed by atoms with Crippen LogP contribution in [0.5, 0.6) is 0 Å². The molecule has 10 atom stereocenters. The maximum atomic E-state index is 6.54. The molecule has 1 aliphatic heterocycles. The highest BCUT2D eigenvalue weighted by Crippen LogP contribution is 2.67. The minimum atomic E-state index is 0.112. The molecule has 4 fully saturated rings. The summed E-state index contributed by atoms with van der Waals surface area (Å²) in [5.41, 5.74) is 2.68. The van der Waals surface area contributed by atoms with Crippen molar-refractivity contribution in [3.8, 4) is 0 Å². The van der Waals surface area contributed by atoms with Crippen LogP contribution in [-0.4, -0.2) is 76.4 Å². The van der Waals surface area contributed by atoms with Crippen molar-refractivity contribution >= 4 is 0 Å². The van der Waals surface area contributed by atoms with Crippen LogP contribution in [0.1, 0.15) is 215 Å². The summed E-state index contributed by atoms with van der Waals surface area (Å²) in [6, 6.07) is 0. The van der Waals surface area contributed by atoms with Gasteiger partial charge in [-0.2, -0.15) is 0 Å². The number of hydrogen-bond donors (Lipinski definition) is 0. The van der Waals surface area contributed by atoms with Gasteiger partial charge in [-0.25, -0.2) is 0 Å². The zero-order valence-corrected chi connectivity index (χ0v) is 43.4. The number of likely N-dealkylation sites (tertiary alicyclic amines) is 1. The highest BCUT2D eigenvalue weighted by Gasteiger charge is 2.59. The van der Waals surface area contributed by atoms with E-state index < -0.39 is 0 Å². The van der Waals surface area contributed by atoms with Crippen LogP contribution in [0.4, 0.5) is 0 Å². The zero-order chi connectivity index (χ0) is 45.5. The predicted molar refractivity (Wildman–Crippen MR) is 273 cm³/mol. The summed E-state index contributed by atoms with van der Waals surface area (Å²) in [7, 11) is 0. The number of allylic oxidation sites excluding steroid dienone is 5. The van der Waals surface area contributed by atoms with Gasteiger partial charge < -0.3 is 23.8 Å². The van der Waals surface area contributed by atoms with Crippen molar-refractivity contribution in [2.45, 2.75) is 228 Å². The summed E-state index contributed by atoms with van der Waals surface area (Å²) in [6.45, 7) is 24.9. The molecule has 0 aromatic carbocycles. The van der Waals surface area contributed by atoms with Gasteiger partial charge in [0.15, 0.2) is 0 Å². The van der Waals surface area contributed by atoms with E-state index in [1.54, 1.807) is 5.57 Å². The SMILES string of the molecule is CCCCCC=CCC=CCCCCCCCCOCC(CN1CCC(CCC)C1)OCCOCCO[C@H]1CC[C@@]2(C)C(=CCC3C2CC[C@@]2(C)C3CC[C@@H]2[C@H](C)CCCC(C)C)C1. The first kappa shape index (κ1) is 54.0. The van der Waals surface area contributed by atoms with Gasteiger partial charge in [0.1, 0.15) is 0 Å². The lowest BCUT2D eigenvalue weighted by molar-refractivity contribution is -0.0731. The molecule has 5 nitrogen and oxygen atoms in total. The molecule has 0 amide bonds. The first-order valence-electron chi connectivity index (χ1n) is 28.3. The van der Waals surface area contributed by atoms with Crippen LogP contribution >= 0.6 is 0 Å². The van der Waals surface area contributed by atoms with E-state index in [-0.39, 0.29) is 6.10 Å². The van der Waals surface area contributed by atoms with Gasteiger partial charge in [-0.1, -0.05) is 149 Å². The molecule has 5 unspecified atom stereocenters. The first-order valence-corrected chi connectivity index (χ1v) is 28.3. The lowest BCUT2D eigenvalue weighted by Crippen LogP contribution is -2.51. The molecule has 1 heterocycles. The fraction of sp³-hybridized carbons (Fsp3) is 0.898. The summed E-state index contributed by atoms with van der Waals surface area (Å²) in [4.78, 5) is 2.62. The number of hydrogen-bond acceptors (Lipinski definition) is 5. The fourth-order valence-corrected chi connectivity index (χ4v) is 14.0. The van der Waals surface area contributed by atoms with E-state index in [9.17, 15) is 0 Å². The molecule has 1 saturated heterocycles. The van der Waals surface area contributed by atoms with E-state index in [1.807, 2.05) is 0 Å². The second-order valence-corrected chi connectivity index (χ2v) is 23.0. The number of rotatable bonds is 34. The molecule has 0 aromatic rings. The normalized spacial score (nSPS) is 30.6. The third-order valence-electron chi connectivity index (χ3n) is 17.7. The molecule has 5 rings (SSSR count). The Kier molecular flexibility index (Phi) is 25.1. The molecule has 64 heavy (non-hydrogen) atoms. The fourth-order valence-electron chi connectivity index (χ4n) is 14.0. The Morgan fingerprint density at radius 2 is 1.48 bits per heavy atom. The van der Waals surface area contributed by atoms with Gasteiger partial charge in [-0.3, -0.25) is 0 Å². The van der Waals surface area contributed by atoms with Gasteiger partial charge in [-0.05, 0) is 162 Å². The molecule has 5 heteroatoms. The molecule has 0 radical (unpaired) electrons. The highest BCUT2D eigenvalue weighted by atomic mass is 16.6. The summed E-state index contributed by atoms with van der Waals surface area (Å²) < 4.78 is 25.4. The van der Waals surface area contributed by atoms with Gasteiger partial charge in [0.05, 0.1) is 45.2 Å². The average molecular weight is 892 g/mol. The Morgan fingerprint density at radius 3 is 2.27 bits per heavy atom. The van der Waals surface area contributed by atoms with E-state index in [4.69, 9.17) is 18.9 Å². The summed E-state index contributed by atoms with van der Waals surface area (Å²) in [5.74, 6) is 6.21. The Morgan fingerprint density at radius 1 is 0.719 bits per heavy atom. The minimum absolute atomic E-state index is 0.112. The van der Waals surface area contributed by atoms with E-state index in [1.165, 1.54) is 161 Å². The van der Waals surface area contributed by atoms with Gasteiger partial charge in [0, 0.05) is 19.7 Å².